The molecule has 2 aromatic carbocycles. The molecular weight excluding hydrogens is 288 g/mol. The van der Waals surface area contributed by atoms with Gasteiger partial charge < -0.3 is 14.8 Å². The fourth-order valence-electron chi connectivity index (χ4n) is 3.16. The smallest absolute Gasteiger partial charge is 0.231 e. The first-order valence-corrected chi connectivity index (χ1v) is 7.65. The van der Waals surface area contributed by atoms with Crippen molar-refractivity contribution < 1.29 is 9.47 Å². The minimum atomic E-state index is 0.276. The second-order valence-electron chi connectivity index (χ2n) is 5.98. The van der Waals surface area contributed by atoms with Gasteiger partial charge in [0.25, 0.3) is 0 Å². The van der Waals surface area contributed by atoms with Crippen molar-refractivity contribution >= 4 is 22.3 Å². The van der Waals surface area contributed by atoms with Crippen LogP contribution in [0.1, 0.15) is 16.7 Å². The summed E-state index contributed by atoms with van der Waals surface area (Å²) < 4.78 is 11.0. The zero-order valence-electron chi connectivity index (χ0n) is 13.4. The van der Waals surface area contributed by atoms with Crippen LogP contribution < -0.4 is 14.8 Å². The molecule has 1 aliphatic rings. The summed E-state index contributed by atoms with van der Waals surface area (Å²) in [6.45, 7) is 6.61. The van der Waals surface area contributed by atoms with Gasteiger partial charge in [-0.1, -0.05) is 17.7 Å². The Bertz CT molecular complexity index is 896. The third-order valence-corrected chi connectivity index (χ3v) is 4.18. The molecule has 1 aromatic heterocycles. The van der Waals surface area contributed by atoms with Crippen molar-refractivity contribution in [1.29, 1.82) is 0 Å². The van der Waals surface area contributed by atoms with Gasteiger partial charge >= 0.3 is 0 Å². The van der Waals surface area contributed by atoms with E-state index in [-0.39, 0.29) is 6.79 Å². The van der Waals surface area contributed by atoms with E-state index in [4.69, 9.17) is 9.47 Å². The number of nitrogens with zero attached hydrogens (tertiary/aromatic N) is 1. The van der Waals surface area contributed by atoms with Crippen LogP contribution >= 0.6 is 0 Å². The number of fused-ring (bicyclic) bond motifs is 2. The molecule has 0 atom stereocenters. The van der Waals surface area contributed by atoms with Crippen molar-refractivity contribution in [2.24, 2.45) is 0 Å². The standard InChI is InChI=1S/C19H18N2O2/c1-11-6-12(2)18(13(3)7-11)21-19-15-9-17-16(22-10-23-17)8-14(15)4-5-20-19/h4-9H,10H2,1-3H3,(H,20,21). The molecule has 0 amide bonds. The SMILES string of the molecule is Cc1cc(C)c(Nc2nccc3cc4c(cc23)OCO4)c(C)c1. The molecule has 0 spiro atoms. The molecule has 0 aliphatic carbocycles. The van der Waals surface area contributed by atoms with Gasteiger partial charge in [-0.3, -0.25) is 0 Å². The molecule has 0 radical (unpaired) electrons. The molecule has 1 N–H and O–H groups in total. The zero-order valence-corrected chi connectivity index (χ0v) is 13.4. The second-order valence-corrected chi connectivity index (χ2v) is 5.98. The highest BCUT2D eigenvalue weighted by Crippen LogP contribution is 2.38. The van der Waals surface area contributed by atoms with Crippen molar-refractivity contribution in [2.75, 3.05) is 12.1 Å². The van der Waals surface area contributed by atoms with E-state index >= 15 is 0 Å². The number of hydrogen-bond donors (Lipinski definition) is 1. The van der Waals surface area contributed by atoms with Gasteiger partial charge in [0.05, 0.1) is 0 Å². The average Bonchev–Trinajstić information content (AvgIpc) is 2.96. The van der Waals surface area contributed by atoms with Crippen LogP contribution in [0.15, 0.2) is 36.5 Å². The van der Waals surface area contributed by atoms with Gasteiger partial charge in [0.15, 0.2) is 11.5 Å². The van der Waals surface area contributed by atoms with Gasteiger partial charge in [-0.05, 0) is 55.5 Å². The lowest BCUT2D eigenvalue weighted by Crippen LogP contribution is -1.99. The number of rotatable bonds is 2. The largest absolute Gasteiger partial charge is 0.454 e. The minimum absolute atomic E-state index is 0.276. The predicted molar refractivity (Wildman–Crippen MR) is 91.8 cm³/mol. The lowest BCUT2D eigenvalue weighted by atomic mass is 10.0. The van der Waals surface area contributed by atoms with Gasteiger partial charge in [0, 0.05) is 17.3 Å². The van der Waals surface area contributed by atoms with Crippen molar-refractivity contribution in [3.63, 3.8) is 0 Å². The molecular formula is C19H18N2O2. The van der Waals surface area contributed by atoms with Crippen LogP contribution in [-0.4, -0.2) is 11.8 Å². The average molecular weight is 306 g/mol. The summed E-state index contributed by atoms with van der Waals surface area (Å²) in [5, 5.41) is 5.60. The number of aromatic nitrogens is 1. The minimum Gasteiger partial charge on any atom is -0.454 e. The van der Waals surface area contributed by atoms with Crippen LogP contribution in [0.5, 0.6) is 11.5 Å². The molecule has 23 heavy (non-hydrogen) atoms. The number of anilines is 2. The number of ether oxygens (including phenoxy) is 2. The molecule has 3 aromatic rings. The third kappa shape index (κ3) is 2.36. The molecule has 4 nitrogen and oxygen atoms in total. The Kier molecular flexibility index (Phi) is 3.11. The summed E-state index contributed by atoms with van der Waals surface area (Å²) >= 11 is 0. The number of hydrogen-bond acceptors (Lipinski definition) is 4. The van der Waals surface area contributed by atoms with E-state index in [0.29, 0.717) is 0 Å². The number of benzene rings is 2. The maximum Gasteiger partial charge on any atom is 0.231 e. The zero-order chi connectivity index (χ0) is 16.0. The molecule has 0 saturated carbocycles. The van der Waals surface area contributed by atoms with Crippen LogP contribution in [0.2, 0.25) is 0 Å². The number of pyridine rings is 1. The molecule has 116 valence electrons. The second kappa shape index (κ2) is 5.16. The van der Waals surface area contributed by atoms with Gasteiger partial charge in [0.2, 0.25) is 6.79 Å². The van der Waals surface area contributed by atoms with Gasteiger partial charge in [-0.15, -0.1) is 0 Å². The predicted octanol–water partition coefficient (Wildman–Crippen LogP) is 4.63. The van der Waals surface area contributed by atoms with E-state index in [1.807, 2.05) is 24.4 Å². The maximum atomic E-state index is 5.50. The van der Waals surface area contributed by atoms with E-state index in [2.05, 4.69) is 43.2 Å². The van der Waals surface area contributed by atoms with Gasteiger partial charge in [-0.25, -0.2) is 4.98 Å². The van der Waals surface area contributed by atoms with Crippen molar-refractivity contribution in [2.45, 2.75) is 20.8 Å². The Balaban J connectivity index is 1.84. The Morgan fingerprint density at radius 2 is 1.65 bits per heavy atom. The fourth-order valence-corrected chi connectivity index (χ4v) is 3.16. The highest BCUT2D eigenvalue weighted by Gasteiger charge is 2.16. The molecule has 0 saturated heterocycles. The van der Waals surface area contributed by atoms with Crippen molar-refractivity contribution in [1.82, 2.24) is 4.98 Å². The van der Waals surface area contributed by atoms with E-state index in [1.165, 1.54) is 16.7 Å². The van der Waals surface area contributed by atoms with E-state index in [0.717, 1.165) is 33.8 Å². The summed E-state index contributed by atoms with van der Waals surface area (Å²) in [6.07, 6.45) is 1.81. The Labute approximate surface area is 135 Å². The van der Waals surface area contributed by atoms with Crippen molar-refractivity contribution in [3.05, 3.63) is 53.2 Å². The lowest BCUT2D eigenvalue weighted by molar-refractivity contribution is 0.174. The highest BCUT2D eigenvalue weighted by atomic mass is 16.7. The van der Waals surface area contributed by atoms with Gasteiger partial charge in [0.1, 0.15) is 5.82 Å². The lowest BCUT2D eigenvalue weighted by Gasteiger charge is -2.15. The normalized spacial score (nSPS) is 12.7. The molecule has 4 heteroatoms. The molecule has 2 heterocycles. The maximum absolute atomic E-state index is 5.50. The Hall–Kier alpha value is -2.75. The summed E-state index contributed by atoms with van der Waals surface area (Å²) in [4.78, 5) is 4.52. The van der Waals surface area contributed by atoms with Crippen LogP contribution in [0.3, 0.4) is 0 Å². The molecule has 0 bridgehead atoms. The fraction of sp³-hybridized carbons (Fsp3) is 0.211. The summed E-state index contributed by atoms with van der Waals surface area (Å²) in [6, 6.07) is 10.3. The number of nitrogens with one attached hydrogen (secondary N) is 1. The van der Waals surface area contributed by atoms with E-state index in [9.17, 15) is 0 Å². The van der Waals surface area contributed by atoms with Gasteiger partial charge in [-0.2, -0.15) is 0 Å². The monoisotopic (exact) mass is 306 g/mol. The first-order chi connectivity index (χ1) is 11.1. The van der Waals surface area contributed by atoms with E-state index < -0.39 is 0 Å². The highest BCUT2D eigenvalue weighted by molar-refractivity contribution is 5.96. The number of aryl methyl sites for hydroxylation is 3. The summed E-state index contributed by atoms with van der Waals surface area (Å²) in [5.41, 5.74) is 4.79. The third-order valence-electron chi connectivity index (χ3n) is 4.18. The molecule has 0 fully saturated rings. The first kappa shape index (κ1) is 13.9. The van der Waals surface area contributed by atoms with Crippen LogP contribution in [0.4, 0.5) is 11.5 Å². The topological polar surface area (TPSA) is 43.4 Å². The molecule has 0 unspecified atom stereocenters. The van der Waals surface area contributed by atoms with Crippen LogP contribution in [0, 0.1) is 20.8 Å². The Morgan fingerprint density at radius 1 is 0.957 bits per heavy atom. The first-order valence-electron chi connectivity index (χ1n) is 7.65. The van der Waals surface area contributed by atoms with Crippen molar-refractivity contribution in [3.8, 4) is 11.5 Å². The van der Waals surface area contributed by atoms with Crippen LogP contribution in [0.25, 0.3) is 10.8 Å². The van der Waals surface area contributed by atoms with Crippen LogP contribution in [-0.2, 0) is 0 Å². The summed E-state index contributed by atoms with van der Waals surface area (Å²) in [7, 11) is 0. The van der Waals surface area contributed by atoms with E-state index in [1.54, 1.807) is 0 Å². The molecule has 1 aliphatic heterocycles. The quantitative estimate of drug-likeness (QED) is 0.749. The summed E-state index contributed by atoms with van der Waals surface area (Å²) in [5.74, 6) is 2.39. The molecule has 4 rings (SSSR count). The Morgan fingerprint density at radius 3 is 2.39 bits per heavy atom.